The lowest BCUT2D eigenvalue weighted by Gasteiger charge is -2.16. The van der Waals surface area contributed by atoms with Gasteiger partial charge in [0.15, 0.2) is 9.73 Å². The summed E-state index contributed by atoms with van der Waals surface area (Å²) in [6.07, 6.45) is 0.509. The van der Waals surface area contributed by atoms with E-state index in [1.54, 1.807) is 6.07 Å². The first-order valence-electron chi connectivity index (χ1n) is 6.10. The summed E-state index contributed by atoms with van der Waals surface area (Å²) in [5, 5.41) is 0.644. The lowest BCUT2D eigenvalue weighted by atomic mass is 10.1. The number of amides is 2. The summed E-state index contributed by atoms with van der Waals surface area (Å²) in [6.45, 7) is 2.68. The van der Waals surface area contributed by atoms with Crippen LogP contribution in [0.2, 0.25) is 5.02 Å². The fraction of sp³-hybridized carbons (Fsp3) is 0.214. The maximum atomic E-state index is 11.7. The molecule has 0 atom stereocenters. The molecule has 7 heteroatoms. The van der Waals surface area contributed by atoms with E-state index in [2.05, 4.69) is 20.9 Å². The SMILES string of the molecule is CC(=O)N(C(C)=O)c1nc(Br)sc1Cc1ccccc1Cl. The Balaban J connectivity index is 2.44. The minimum atomic E-state index is -0.360. The van der Waals surface area contributed by atoms with Gasteiger partial charge in [-0.15, -0.1) is 11.3 Å². The van der Waals surface area contributed by atoms with Crippen LogP contribution in [0.4, 0.5) is 5.82 Å². The van der Waals surface area contributed by atoms with E-state index in [9.17, 15) is 9.59 Å². The van der Waals surface area contributed by atoms with Gasteiger partial charge in [-0.05, 0) is 27.6 Å². The average Bonchev–Trinajstić information content (AvgIpc) is 2.72. The lowest BCUT2D eigenvalue weighted by molar-refractivity contribution is -0.124. The Morgan fingerprint density at radius 3 is 2.48 bits per heavy atom. The number of anilines is 1. The Morgan fingerprint density at radius 1 is 1.29 bits per heavy atom. The van der Waals surface area contributed by atoms with E-state index in [1.807, 2.05) is 18.2 Å². The predicted octanol–water partition coefficient (Wildman–Crippen LogP) is 4.05. The molecule has 0 aliphatic carbocycles. The van der Waals surface area contributed by atoms with Crippen molar-refractivity contribution in [1.29, 1.82) is 0 Å². The highest BCUT2D eigenvalue weighted by Gasteiger charge is 2.24. The lowest BCUT2D eigenvalue weighted by Crippen LogP contribution is -2.34. The number of thiazole rings is 1. The number of nitrogens with zero attached hydrogens (tertiary/aromatic N) is 2. The number of hydrogen-bond acceptors (Lipinski definition) is 4. The van der Waals surface area contributed by atoms with Crippen LogP contribution < -0.4 is 4.90 Å². The molecule has 0 fully saturated rings. The Labute approximate surface area is 139 Å². The third-order valence-electron chi connectivity index (χ3n) is 2.80. The van der Waals surface area contributed by atoms with Gasteiger partial charge in [0.2, 0.25) is 11.8 Å². The van der Waals surface area contributed by atoms with Gasteiger partial charge < -0.3 is 0 Å². The Morgan fingerprint density at radius 2 is 1.90 bits per heavy atom. The number of carbonyl (C=O) groups excluding carboxylic acids is 2. The van der Waals surface area contributed by atoms with E-state index >= 15 is 0 Å². The first-order valence-corrected chi connectivity index (χ1v) is 8.08. The molecule has 2 rings (SSSR count). The highest BCUT2D eigenvalue weighted by molar-refractivity contribution is 9.11. The number of halogens is 2. The Bertz CT molecular complexity index is 688. The Hall–Kier alpha value is -1.24. The third kappa shape index (κ3) is 3.70. The maximum Gasteiger partial charge on any atom is 0.231 e. The van der Waals surface area contributed by atoms with Crippen LogP contribution in [-0.2, 0) is 16.0 Å². The monoisotopic (exact) mass is 386 g/mol. The number of hydrogen-bond donors (Lipinski definition) is 0. The van der Waals surface area contributed by atoms with Crippen LogP contribution in [0.5, 0.6) is 0 Å². The summed E-state index contributed by atoms with van der Waals surface area (Å²) < 4.78 is 0.618. The molecule has 0 radical (unpaired) electrons. The van der Waals surface area contributed by atoms with E-state index in [0.29, 0.717) is 21.2 Å². The molecule has 0 unspecified atom stereocenters. The van der Waals surface area contributed by atoms with Crippen molar-refractivity contribution in [3.8, 4) is 0 Å². The largest absolute Gasteiger partial charge is 0.274 e. The minimum absolute atomic E-state index is 0.360. The molecule has 0 spiro atoms. The molecule has 0 aliphatic heterocycles. The predicted molar refractivity (Wildman–Crippen MR) is 87.9 cm³/mol. The molecule has 1 aromatic heterocycles. The fourth-order valence-corrected chi connectivity index (χ4v) is 3.69. The van der Waals surface area contributed by atoms with E-state index in [1.165, 1.54) is 25.2 Å². The quantitative estimate of drug-likeness (QED) is 0.798. The summed E-state index contributed by atoms with van der Waals surface area (Å²) in [6, 6.07) is 7.46. The van der Waals surface area contributed by atoms with Crippen molar-refractivity contribution in [2.24, 2.45) is 0 Å². The van der Waals surface area contributed by atoms with E-state index < -0.39 is 0 Å². The molecule has 0 N–H and O–H groups in total. The van der Waals surface area contributed by atoms with Gasteiger partial charge in [0, 0.05) is 25.3 Å². The van der Waals surface area contributed by atoms with Gasteiger partial charge in [0.25, 0.3) is 0 Å². The topological polar surface area (TPSA) is 50.3 Å². The Kier molecular flexibility index (Phi) is 5.13. The number of carbonyl (C=O) groups is 2. The molecule has 1 aromatic carbocycles. The number of benzene rings is 1. The highest BCUT2D eigenvalue weighted by atomic mass is 79.9. The van der Waals surface area contributed by atoms with Crippen molar-refractivity contribution in [3.63, 3.8) is 0 Å². The summed E-state index contributed by atoms with van der Waals surface area (Å²) >= 11 is 10.9. The summed E-state index contributed by atoms with van der Waals surface area (Å²) in [7, 11) is 0. The second kappa shape index (κ2) is 6.68. The van der Waals surface area contributed by atoms with Gasteiger partial charge >= 0.3 is 0 Å². The van der Waals surface area contributed by atoms with Crippen molar-refractivity contribution in [1.82, 2.24) is 4.98 Å². The molecule has 0 aliphatic rings. The van der Waals surface area contributed by atoms with Crippen LogP contribution in [0.15, 0.2) is 28.2 Å². The zero-order chi connectivity index (χ0) is 15.6. The maximum absolute atomic E-state index is 11.7. The summed E-state index contributed by atoms with van der Waals surface area (Å²) in [5.41, 5.74) is 0.920. The van der Waals surface area contributed by atoms with Crippen molar-refractivity contribution in [3.05, 3.63) is 43.6 Å². The normalized spacial score (nSPS) is 10.5. The fourth-order valence-electron chi connectivity index (χ4n) is 1.94. The molecule has 0 saturated heterocycles. The van der Waals surface area contributed by atoms with Crippen molar-refractivity contribution >= 4 is 56.5 Å². The molecule has 2 aromatic rings. The second-order valence-corrected chi connectivity index (χ2v) is 7.12. The molecule has 2 amide bonds. The second-order valence-electron chi connectivity index (χ2n) is 4.36. The van der Waals surface area contributed by atoms with Gasteiger partial charge in [-0.3, -0.25) is 9.59 Å². The smallest absolute Gasteiger partial charge is 0.231 e. The van der Waals surface area contributed by atoms with Crippen molar-refractivity contribution in [2.75, 3.05) is 4.90 Å². The average molecular weight is 388 g/mol. The minimum Gasteiger partial charge on any atom is -0.274 e. The zero-order valence-corrected chi connectivity index (χ0v) is 14.6. The van der Waals surface area contributed by atoms with Crippen LogP contribution >= 0.6 is 38.9 Å². The highest BCUT2D eigenvalue weighted by Crippen LogP contribution is 2.33. The van der Waals surface area contributed by atoms with E-state index in [-0.39, 0.29) is 11.8 Å². The molecule has 21 heavy (non-hydrogen) atoms. The number of imide groups is 1. The van der Waals surface area contributed by atoms with Crippen molar-refractivity contribution < 1.29 is 9.59 Å². The van der Waals surface area contributed by atoms with Gasteiger partial charge in [-0.2, -0.15) is 0 Å². The number of rotatable bonds is 3. The standard InChI is InChI=1S/C14H12BrClN2O2S/c1-8(19)18(9(2)20)13-12(21-14(15)17-13)7-10-5-3-4-6-11(10)16/h3-6H,7H2,1-2H3. The first-order chi connectivity index (χ1) is 9.90. The molecule has 110 valence electrons. The van der Waals surface area contributed by atoms with Crippen molar-refractivity contribution in [2.45, 2.75) is 20.3 Å². The van der Waals surface area contributed by atoms with Gasteiger partial charge in [-0.25, -0.2) is 9.88 Å². The zero-order valence-electron chi connectivity index (χ0n) is 11.4. The van der Waals surface area contributed by atoms with Crippen LogP contribution in [0, 0.1) is 0 Å². The molecule has 0 saturated carbocycles. The van der Waals surface area contributed by atoms with E-state index in [4.69, 9.17) is 11.6 Å². The van der Waals surface area contributed by atoms with Crippen LogP contribution in [0.3, 0.4) is 0 Å². The van der Waals surface area contributed by atoms with Crippen LogP contribution in [0.1, 0.15) is 24.3 Å². The summed E-state index contributed by atoms with van der Waals surface area (Å²) in [4.78, 5) is 29.5. The summed E-state index contributed by atoms with van der Waals surface area (Å²) in [5.74, 6) is -0.354. The van der Waals surface area contributed by atoms with Crippen LogP contribution in [-0.4, -0.2) is 16.8 Å². The van der Waals surface area contributed by atoms with Gasteiger partial charge in [-0.1, -0.05) is 29.8 Å². The molecular weight excluding hydrogens is 376 g/mol. The molecule has 1 heterocycles. The van der Waals surface area contributed by atoms with Crippen LogP contribution in [0.25, 0.3) is 0 Å². The molecule has 0 bridgehead atoms. The number of aromatic nitrogens is 1. The third-order valence-corrected chi connectivity index (χ3v) is 4.67. The van der Waals surface area contributed by atoms with E-state index in [0.717, 1.165) is 15.3 Å². The van der Waals surface area contributed by atoms with Gasteiger partial charge in [0.05, 0.1) is 4.88 Å². The molecular formula is C14H12BrClN2O2S. The first kappa shape index (κ1) is 16.1. The van der Waals surface area contributed by atoms with Gasteiger partial charge in [0.1, 0.15) is 0 Å². The molecule has 4 nitrogen and oxygen atoms in total.